The molecule has 0 aliphatic heterocycles. The van der Waals surface area contributed by atoms with Crippen LogP contribution >= 0.6 is 0 Å². The average Bonchev–Trinajstić information content (AvgIpc) is 2.34. The Bertz CT molecular complexity index is 391. The van der Waals surface area contributed by atoms with Gasteiger partial charge in [0.1, 0.15) is 5.75 Å². The third kappa shape index (κ3) is 3.37. The number of anilines is 1. The first-order chi connectivity index (χ1) is 8.10. The Hall–Kier alpha value is -1.71. The Kier molecular flexibility index (Phi) is 4.82. The molecule has 0 saturated carbocycles. The molecule has 0 saturated heterocycles. The van der Waals surface area contributed by atoms with Crippen LogP contribution in [0.5, 0.6) is 5.75 Å². The molecule has 0 unspecified atom stereocenters. The van der Waals surface area contributed by atoms with Crippen molar-refractivity contribution in [3.8, 4) is 5.75 Å². The van der Waals surface area contributed by atoms with E-state index in [1.165, 1.54) is 7.11 Å². The number of nitrogens with two attached hydrogens (primary N) is 1. The third-order valence-electron chi connectivity index (χ3n) is 2.65. The molecule has 0 heterocycles. The van der Waals surface area contributed by atoms with Gasteiger partial charge in [-0.1, -0.05) is 13.3 Å². The fourth-order valence-corrected chi connectivity index (χ4v) is 1.59. The summed E-state index contributed by atoms with van der Waals surface area (Å²) in [6.07, 6.45) is 2.07. The van der Waals surface area contributed by atoms with Crippen molar-refractivity contribution >= 4 is 11.6 Å². The molecule has 1 aromatic rings. The maximum absolute atomic E-state index is 12.1. The molecule has 0 atom stereocenters. The minimum absolute atomic E-state index is 0.0321. The highest BCUT2D eigenvalue weighted by atomic mass is 16.5. The quantitative estimate of drug-likeness (QED) is 0.797. The number of hydrogen-bond acceptors (Lipinski definition) is 3. The molecule has 0 fully saturated rings. The number of amides is 1. The van der Waals surface area contributed by atoms with Gasteiger partial charge in [-0.3, -0.25) is 4.79 Å². The first kappa shape index (κ1) is 13.4. The van der Waals surface area contributed by atoms with Gasteiger partial charge in [0, 0.05) is 25.3 Å². The van der Waals surface area contributed by atoms with E-state index in [4.69, 9.17) is 10.5 Å². The molecule has 0 aliphatic carbocycles. The number of rotatable bonds is 5. The summed E-state index contributed by atoms with van der Waals surface area (Å²) in [5, 5.41) is 0. The molecule has 2 N–H and O–H groups in total. The molecular formula is C13H20N2O2. The lowest BCUT2D eigenvalue weighted by molar-refractivity contribution is 0.0790. The van der Waals surface area contributed by atoms with Gasteiger partial charge in [0.15, 0.2) is 0 Å². The molecule has 1 aromatic carbocycles. The molecule has 4 nitrogen and oxygen atoms in total. The van der Waals surface area contributed by atoms with Crippen molar-refractivity contribution in [2.75, 3.05) is 26.4 Å². The summed E-state index contributed by atoms with van der Waals surface area (Å²) < 4.78 is 5.17. The van der Waals surface area contributed by atoms with Crippen LogP contribution in [-0.4, -0.2) is 31.5 Å². The summed E-state index contributed by atoms with van der Waals surface area (Å²) in [6, 6.07) is 5.09. The number of ether oxygens (including phenoxy) is 1. The Morgan fingerprint density at radius 1 is 1.47 bits per heavy atom. The van der Waals surface area contributed by atoms with Crippen molar-refractivity contribution in [2.24, 2.45) is 0 Å². The highest BCUT2D eigenvalue weighted by Crippen LogP contribution is 2.22. The van der Waals surface area contributed by atoms with E-state index in [1.807, 2.05) is 0 Å². The summed E-state index contributed by atoms with van der Waals surface area (Å²) in [5.74, 6) is 0.494. The number of hydrogen-bond donors (Lipinski definition) is 1. The first-order valence-corrected chi connectivity index (χ1v) is 5.79. The number of carbonyl (C=O) groups is 1. The third-order valence-corrected chi connectivity index (χ3v) is 2.65. The zero-order chi connectivity index (χ0) is 12.8. The molecule has 4 heteroatoms. The van der Waals surface area contributed by atoms with Gasteiger partial charge in [0.05, 0.1) is 12.7 Å². The lowest BCUT2D eigenvalue weighted by atomic mass is 10.1. The van der Waals surface area contributed by atoms with Crippen LogP contribution in [-0.2, 0) is 0 Å². The highest BCUT2D eigenvalue weighted by Gasteiger charge is 2.16. The van der Waals surface area contributed by atoms with E-state index in [1.54, 1.807) is 30.1 Å². The zero-order valence-corrected chi connectivity index (χ0v) is 10.7. The van der Waals surface area contributed by atoms with Crippen molar-refractivity contribution in [3.05, 3.63) is 23.8 Å². The standard InChI is InChI=1S/C13H20N2O2/c1-4-5-8-15(2)13(16)11-7-6-10(14)9-12(11)17-3/h6-7,9H,4-5,8,14H2,1-3H3. The molecule has 0 spiro atoms. The van der Waals surface area contributed by atoms with Crippen LogP contribution in [0.15, 0.2) is 18.2 Å². The van der Waals surface area contributed by atoms with E-state index in [9.17, 15) is 4.79 Å². The number of benzene rings is 1. The topological polar surface area (TPSA) is 55.6 Å². The Morgan fingerprint density at radius 3 is 2.76 bits per heavy atom. The van der Waals surface area contributed by atoms with Crippen LogP contribution in [0, 0.1) is 0 Å². The molecule has 0 aliphatic rings. The molecular weight excluding hydrogens is 216 g/mol. The van der Waals surface area contributed by atoms with E-state index < -0.39 is 0 Å². The van der Waals surface area contributed by atoms with E-state index in [2.05, 4.69) is 6.92 Å². The van der Waals surface area contributed by atoms with Gasteiger partial charge in [-0.25, -0.2) is 0 Å². The van der Waals surface area contributed by atoms with Gasteiger partial charge in [0.25, 0.3) is 5.91 Å². The van der Waals surface area contributed by atoms with Gasteiger partial charge < -0.3 is 15.4 Å². The lowest BCUT2D eigenvalue weighted by Gasteiger charge is -2.18. The average molecular weight is 236 g/mol. The summed E-state index contributed by atoms with van der Waals surface area (Å²) in [4.78, 5) is 13.9. The van der Waals surface area contributed by atoms with Crippen molar-refractivity contribution in [2.45, 2.75) is 19.8 Å². The number of carbonyl (C=O) groups excluding carboxylic acids is 1. The van der Waals surface area contributed by atoms with E-state index in [-0.39, 0.29) is 5.91 Å². The fraction of sp³-hybridized carbons (Fsp3) is 0.462. The van der Waals surface area contributed by atoms with Crippen LogP contribution in [0.3, 0.4) is 0 Å². The van der Waals surface area contributed by atoms with Crippen molar-refractivity contribution in [3.63, 3.8) is 0 Å². The summed E-state index contributed by atoms with van der Waals surface area (Å²) in [5.41, 5.74) is 6.80. The zero-order valence-electron chi connectivity index (χ0n) is 10.7. The Labute approximate surface area is 102 Å². The largest absolute Gasteiger partial charge is 0.496 e. The van der Waals surface area contributed by atoms with Crippen LogP contribution < -0.4 is 10.5 Å². The van der Waals surface area contributed by atoms with Crippen molar-refractivity contribution in [1.29, 1.82) is 0 Å². The smallest absolute Gasteiger partial charge is 0.257 e. The van der Waals surface area contributed by atoms with Crippen LogP contribution in [0.2, 0.25) is 0 Å². The first-order valence-electron chi connectivity index (χ1n) is 5.79. The minimum Gasteiger partial charge on any atom is -0.496 e. The van der Waals surface area contributed by atoms with E-state index in [0.717, 1.165) is 19.4 Å². The molecule has 1 rings (SSSR count). The maximum atomic E-state index is 12.1. The molecule has 0 bridgehead atoms. The second kappa shape index (κ2) is 6.13. The summed E-state index contributed by atoms with van der Waals surface area (Å²) in [6.45, 7) is 2.85. The Balaban J connectivity index is 2.87. The molecule has 0 radical (unpaired) electrons. The van der Waals surface area contributed by atoms with Crippen LogP contribution in [0.1, 0.15) is 30.1 Å². The molecule has 17 heavy (non-hydrogen) atoms. The molecule has 94 valence electrons. The SMILES string of the molecule is CCCCN(C)C(=O)c1ccc(N)cc1OC. The normalized spacial score (nSPS) is 10.1. The fourth-order valence-electron chi connectivity index (χ4n) is 1.59. The molecule has 1 amide bonds. The maximum Gasteiger partial charge on any atom is 0.257 e. The van der Waals surface area contributed by atoms with Crippen LogP contribution in [0.25, 0.3) is 0 Å². The van der Waals surface area contributed by atoms with Gasteiger partial charge in [-0.05, 0) is 18.6 Å². The van der Waals surface area contributed by atoms with Gasteiger partial charge in [-0.15, -0.1) is 0 Å². The predicted molar refractivity (Wildman–Crippen MR) is 69.3 cm³/mol. The van der Waals surface area contributed by atoms with Gasteiger partial charge >= 0.3 is 0 Å². The number of nitrogen functional groups attached to an aromatic ring is 1. The molecule has 0 aromatic heterocycles. The van der Waals surface area contributed by atoms with Crippen molar-refractivity contribution < 1.29 is 9.53 Å². The van der Waals surface area contributed by atoms with Crippen molar-refractivity contribution in [1.82, 2.24) is 4.90 Å². The summed E-state index contributed by atoms with van der Waals surface area (Å²) >= 11 is 0. The van der Waals surface area contributed by atoms with E-state index in [0.29, 0.717) is 17.0 Å². The number of nitrogens with zero attached hydrogens (tertiary/aromatic N) is 1. The van der Waals surface area contributed by atoms with E-state index >= 15 is 0 Å². The minimum atomic E-state index is -0.0321. The second-order valence-corrected chi connectivity index (χ2v) is 4.04. The number of unbranched alkanes of at least 4 members (excludes halogenated alkanes) is 1. The highest BCUT2D eigenvalue weighted by molar-refractivity contribution is 5.97. The summed E-state index contributed by atoms with van der Waals surface area (Å²) in [7, 11) is 3.34. The Morgan fingerprint density at radius 2 is 2.18 bits per heavy atom. The van der Waals surface area contributed by atoms with Gasteiger partial charge in [0.2, 0.25) is 0 Å². The van der Waals surface area contributed by atoms with Gasteiger partial charge in [-0.2, -0.15) is 0 Å². The predicted octanol–water partition coefficient (Wildman–Crippen LogP) is 2.15. The second-order valence-electron chi connectivity index (χ2n) is 4.04. The monoisotopic (exact) mass is 236 g/mol. The van der Waals surface area contributed by atoms with Crippen LogP contribution in [0.4, 0.5) is 5.69 Å². The number of methoxy groups -OCH3 is 1. The lowest BCUT2D eigenvalue weighted by Crippen LogP contribution is -2.28.